The first-order chi connectivity index (χ1) is 14.3. The van der Waals surface area contributed by atoms with E-state index in [-0.39, 0.29) is 5.91 Å². The van der Waals surface area contributed by atoms with Gasteiger partial charge in [0.1, 0.15) is 17.9 Å². The average molecular weight is 406 g/mol. The minimum atomic E-state index is 0.0233. The van der Waals surface area contributed by atoms with Gasteiger partial charge in [0.2, 0.25) is 0 Å². The number of hydrogen-bond acceptors (Lipinski definition) is 6. The Kier molecular flexibility index (Phi) is 4.74. The minimum absolute atomic E-state index is 0.0233. The Morgan fingerprint density at radius 1 is 1.07 bits per heavy atom. The van der Waals surface area contributed by atoms with Crippen molar-refractivity contribution >= 4 is 27.5 Å². The summed E-state index contributed by atoms with van der Waals surface area (Å²) in [7, 11) is 0. The van der Waals surface area contributed by atoms with Gasteiger partial charge in [-0.25, -0.2) is 4.98 Å². The number of hydrogen-bond donors (Lipinski definition) is 1. The predicted octanol–water partition coefficient (Wildman–Crippen LogP) is 0.813. The van der Waals surface area contributed by atoms with Gasteiger partial charge >= 0.3 is 0 Å². The summed E-state index contributed by atoms with van der Waals surface area (Å²) in [5.74, 6) is 0.0233. The van der Waals surface area contributed by atoms with Gasteiger partial charge in [-0.15, -0.1) is 16.4 Å². The molecule has 1 aliphatic heterocycles. The molecule has 1 N–H and O–H groups in total. The molecular weight excluding hydrogens is 386 g/mol. The van der Waals surface area contributed by atoms with Crippen LogP contribution in [0.2, 0.25) is 0 Å². The van der Waals surface area contributed by atoms with Crippen molar-refractivity contribution in [2.45, 2.75) is 6.54 Å². The molecule has 0 unspecified atom stereocenters. The number of thiazole rings is 1. The number of quaternary nitrogens is 1. The summed E-state index contributed by atoms with van der Waals surface area (Å²) >= 11 is 1.76. The Morgan fingerprint density at radius 3 is 2.66 bits per heavy atom. The van der Waals surface area contributed by atoms with Crippen LogP contribution in [0.15, 0.2) is 54.9 Å². The van der Waals surface area contributed by atoms with Gasteiger partial charge in [-0.05, 0) is 34.7 Å². The monoisotopic (exact) mass is 406 g/mol. The van der Waals surface area contributed by atoms with Gasteiger partial charge in [-0.2, -0.15) is 4.68 Å². The molecular formula is C20H20N7OS+. The second-order valence-electron chi connectivity index (χ2n) is 7.07. The third kappa shape index (κ3) is 3.62. The topological polar surface area (TPSA) is 81.2 Å². The molecule has 5 rings (SSSR count). The number of aromatic nitrogens is 5. The minimum Gasteiger partial charge on any atom is -0.327 e. The van der Waals surface area contributed by atoms with Gasteiger partial charge in [0.05, 0.1) is 47.6 Å². The molecule has 1 saturated heterocycles. The molecule has 4 aromatic rings. The standard InChI is InChI=1S/C20H19N7OS/c28-20(15-5-1-3-7-17(15)27-14-21-23-24-27)26-11-9-25(10-12-26)13-19-22-16-6-2-4-8-18(16)29-19/h1-8,14H,9-13H2/p+1. The van der Waals surface area contributed by atoms with E-state index in [1.54, 1.807) is 11.3 Å². The SMILES string of the molecule is O=C(c1ccccc1-n1cnnn1)N1CC[NH+](Cc2nc3ccccc3s2)CC1. The quantitative estimate of drug-likeness (QED) is 0.543. The molecule has 146 valence electrons. The molecule has 0 spiro atoms. The highest BCUT2D eigenvalue weighted by Crippen LogP contribution is 2.21. The highest BCUT2D eigenvalue weighted by Gasteiger charge is 2.27. The molecule has 0 radical (unpaired) electrons. The van der Waals surface area contributed by atoms with E-state index in [4.69, 9.17) is 4.98 Å². The number of fused-ring (bicyclic) bond motifs is 1. The van der Waals surface area contributed by atoms with E-state index >= 15 is 0 Å². The van der Waals surface area contributed by atoms with E-state index in [9.17, 15) is 4.79 Å². The smallest absolute Gasteiger partial charge is 0.256 e. The highest BCUT2D eigenvalue weighted by molar-refractivity contribution is 7.18. The largest absolute Gasteiger partial charge is 0.327 e. The normalized spacial score (nSPS) is 15.1. The molecule has 0 saturated carbocycles. The maximum absolute atomic E-state index is 13.1. The zero-order valence-corrected chi connectivity index (χ0v) is 16.5. The second-order valence-corrected chi connectivity index (χ2v) is 8.18. The Morgan fingerprint density at radius 2 is 1.86 bits per heavy atom. The molecule has 0 atom stereocenters. The van der Waals surface area contributed by atoms with Crippen LogP contribution < -0.4 is 4.90 Å². The van der Waals surface area contributed by atoms with Crippen molar-refractivity contribution in [2.75, 3.05) is 26.2 Å². The van der Waals surface area contributed by atoms with Crippen LogP contribution in [-0.2, 0) is 6.54 Å². The fourth-order valence-electron chi connectivity index (χ4n) is 3.71. The summed E-state index contributed by atoms with van der Waals surface area (Å²) < 4.78 is 2.76. The van der Waals surface area contributed by atoms with Gasteiger partial charge in [-0.3, -0.25) is 4.79 Å². The number of carbonyl (C=O) groups excluding carboxylic acids is 1. The number of piperazine rings is 1. The molecule has 0 bridgehead atoms. The summed E-state index contributed by atoms with van der Waals surface area (Å²) in [6.45, 7) is 4.18. The number of amides is 1. The van der Waals surface area contributed by atoms with E-state index < -0.39 is 0 Å². The van der Waals surface area contributed by atoms with Crippen molar-refractivity contribution in [1.29, 1.82) is 0 Å². The predicted molar refractivity (Wildman–Crippen MR) is 109 cm³/mol. The third-order valence-corrected chi connectivity index (χ3v) is 6.26. The van der Waals surface area contributed by atoms with Gasteiger partial charge < -0.3 is 9.80 Å². The third-order valence-electron chi connectivity index (χ3n) is 5.23. The summed E-state index contributed by atoms with van der Waals surface area (Å²) in [6, 6.07) is 15.7. The Hall–Kier alpha value is -3.17. The van der Waals surface area contributed by atoms with Crippen molar-refractivity contribution in [3.63, 3.8) is 0 Å². The summed E-state index contributed by atoms with van der Waals surface area (Å²) in [5.41, 5.74) is 2.39. The van der Waals surface area contributed by atoms with Crippen molar-refractivity contribution in [1.82, 2.24) is 30.1 Å². The molecule has 3 heterocycles. The zero-order chi connectivity index (χ0) is 19.6. The summed E-state index contributed by atoms with van der Waals surface area (Å²) in [4.78, 5) is 21.2. The number of benzene rings is 2. The number of carbonyl (C=O) groups is 1. The van der Waals surface area contributed by atoms with Crippen molar-refractivity contribution in [3.05, 3.63) is 65.4 Å². The van der Waals surface area contributed by atoms with Crippen LogP contribution in [0.5, 0.6) is 0 Å². The van der Waals surface area contributed by atoms with Crippen LogP contribution in [0, 0.1) is 0 Å². The lowest BCUT2D eigenvalue weighted by Crippen LogP contribution is -3.13. The van der Waals surface area contributed by atoms with Crippen LogP contribution in [0.1, 0.15) is 15.4 Å². The lowest BCUT2D eigenvalue weighted by atomic mass is 10.1. The molecule has 0 aliphatic carbocycles. The van der Waals surface area contributed by atoms with E-state index in [1.165, 1.54) is 20.6 Å². The highest BCUT2D eigenvalue weighted by atomic mass is 32.1. The number of nitrogens with one attached hydrogen (secondary N) is 1. The Labute approximate surface area is 171 Å². The first-order valence-corrected chi connectivity index (χ1v) is 10.4. The fraction of sp³-hybridized carbons (Fsp3) is 0.250. The number of nitrogens with zero attached hydrogens (tertiary/aromatic N) is 6. The van der Waals surface area contributed by atoms with Crippen LogP contribution in [-0.4, -0.2) is 62.2 Å². The lowest BCUT2D eigenvalue weighted by Gasteiger charge is -2.32. The fourth-order valence-corrected chi connectivity index (χ4v) is 4.75. The average Bonchev–Trinajstić information content (AvgIpc) is 3.43. The maximum Gasteiger partial charge on any atom is 0.256 e. The van der Waals surface area contributed by atoms with Crippen LogP contribution in [0.3, 0.4) is 0 Å². The zero-order valence-electron chi connectivity index (χ0n) is 15.7. The van der Waals surface area contributed by atoms with Crippen molar-refractivity contribution < 1.29 is 9.69 Å². The summed E-state index contributed by atoms with van der Waals surface area (Å²) in [5, 5.41) is 12.4. The lowest BCUT2D eigenvalue weighted by molar-refractivity contribution is -0.917. The van der Waals surface area contributed by atoms with Crippen LogP contribution in [0.25, 0.3) is 15.9 Å². The van der Waals surface area contributed by atoms with E-state index in [0.717, 1.165) is 43.2 Å². The first kappa shape index (κ1) is 17.9. The van der Waals surface area contributed by atoms with Gasteiger partial charge in [0.25, 0.3) is 5.91 Å². The molecule has 1 fully saturated rings. The van der Waals surface area contributed by atoms with Crippen molar-refractivity contribution in [2.24, 2.45) is 0 Å². The van der Waals surface area contributed by atoms with E-state index in [2.05, 4.69) is 33.7 Å². The molecule has 9 heteroatoms. The molecule has 8 nitrogen and oxygen atoms in total. The van der Waals surface area contributed by atoms with E-state index in [1.807, 2.05) is 35.2 Å². The van der Waals surface area contributed by atoms with Crippen molar-refractivity contribution in [3.8, 4) is 5.69 Å². The summed E-state index contributed by atoms with van der Waals surface area (Å²) in [6.07, 6.45) is 1.51. The second kappa shape index (κ2) is 7.69. The van der Waals surface area contributed by atoms with Crippen LogP contribution >= 0.6 is 11.3 Å². The Bertz CT molecular complexity index is 1100. The van der Waals surface area contributed by atoms with E-state index in [0.29, 0.717) is 11.3 Å². The van der Waals surface area contributed by atoms with Gasteiger partial charge in [-0.1, -0.05) is 24.3 Å². The first-order valence-electron chi connectivity index (χ1n) is 9.57. The Balaban J connectivity index is 1.26. The molecule has 1 amide bonds. The van der Waals surface area contributed by atoms with Gasteiger partial charge in [0, 0.05) is 0 Å². The number of tetrazole rings is 1. The molecule has 2 aromatic heterocycles. The molecule has 2 aromatic carbocycles. The van der Waals surface area contributed by atoms with Crippen LogP contribution in [0.4, 0.5) is 0 Å². The molecule has 1 aliphatic rings. The maximum atomic E-state index is 13.1. The molecule has 29 heavy (non-hydrogen) atoms. The number of para-hydroxylation sites is 2. The number of rotatable bonds is 4. The van der Waals surface area contributed by atoms with Gasteiger partial charge in [0.15, 0.2) is 0 Å².